The second kappa shape index (κ2) is 11.1. The molecule has 0 bridgehead atoms. The summed E-state index contributed by atoms with van der Waals surface area (Å²) in [6.07, 6.45) is 5.60. The SMILES string of the molecule is CN(Cc1nccn1C)C(=O)CN1CCC(N)CC1.Cl.Cl.Cl. The van der Waals surface area contributed by atoms with Crippen LogP contribution >= 0.6 is 37.2 Å². The number of nitrogens with zero attached hydrogens (tertiary/aromatic N) is 4. The zero-order valence-electron chi connectivity index (χ0n) is 13.0. The average molecular weight is 375 g/mol. The van der Waals surface area contributed by atoms with Crippen molar-refractivity contribution in [1.29, 1.82) is 0 Å². The van der Waals surface area contributed by atoms with Gasteiger partial charge >= 0.3 is 0 Å². The molecule has 9 heteroatoms. The molecule has 6 nitrogen and oxygen atoms in total. The number of hydrogen-bond donors (Lipinski definition) is 1. The molecule has 2 N–H and O–H groups in total. The van der Waals surface area contributed by atoms with Crippen molar-refractivity contribution < 1.29 is 4.79 Å². The van der Waals surface area contributed by atoms with Gasteiger partial charge < -0.3 is 15.2 Å². The number of likely N-dealkylation sites (tertiary alicyclic amines) is 1. The van der Waals surface area contributed by atoms with Crippen LogP contribution in [0.15, 0.2) is 12.4 Å². The van der Waals surface area contributed by atoms with Crippen LogP contribution < -0.4 is 5.73 Å². The normalized spacial score (nSPS) is 15.2. The maximum Gasteiger partial charge on any atom is 0.236 e. The van der Waals surface area contributed by atoms with Gasteiger partial charge in [-0.05, 0) is 12.8 Å². The van der Waals surface area contributed by atoms with E-state index in [2.05, 4.69) is 9.88 Å². The first kappa shape index (κ1) is 23.7. The molecular formula is C13H26Cl3N5O. The highest BCUT2D eigenvalue weighted by molar-refractivity contribution is 5.86. The number of hydrogen-bond acceptors (Lipinski definition) is 4. The van der Waals surface area contributed by atoms with Crippen LogP contribution in [0.4, 0.5) is 0 Å². The smallest absolute Gasteiger partial charge is 0.236 e. The van der Waals surface area contributed by atoms with Crippen molar-refractivity contribution in [3.05, 3.63) is 18.2 Å². The number of imidazole rings is 1. The fourth-order valence-electron chi connectivity index (χ4n) is 2.27. The number of nitrogens with two attached hydrogens (primary N) is 1. The van der Waals surface area contributed by atoms with E-state index >= 15 is 0 Å². The lowest BCUT2D eigenvalue weighted by Gasteiger charge is -2.30. The maximum absolute atomic E-state index is 12.1. The van der Waals surface area contributed by atoms with Crippen LogP contribution in [0.1, 0.15) is 18.7 Å². The topological polar surface area (TPSA) is 67.4 Å². The van der Waals surface area contributed by atoms with Crippen molar-refractivity contribution in [3.63, 3.8) is 0 Å². The van der Waals surface area contributed by atoms with Crippen LogP contribution in [0.5, 0.6) is 0 Å². The van der Waals surface area contributed by atoms with E-state index < -0.39 is 0 Å². The van der Waals surface area contributed by atoms with Crippen LogP contribution in [0.2, 0.25) is 0 Å². The lowest BCUT2D eigenvalue weighted by molar-refractivity contribution is -0.132. The zero-order valence-corrected chi connectivity index (χ0v) is 15.4. The monoisotopic (exact) mass is 373 g/mol. The molecule has 2 heterocycles. The minimum Gasteiger partial charge on any atom is -0.337 e. The Balaban J connectivity index is 0. The number of likely N-dealkylation sites (N-methyl/N-ethyl adjacent to an activating group) is 1. The Morgan fingerprint density at radius 2 is 1.95 bits per heavy atom. The highest BCUT2D eigenvalue weighted by Crippen LogP contribution is 2.08. The first-order valence-corrected chi connectivity index (χ1v) is 6.74. The van der Waals surface area contributed by atoms with E-state index in [1.165, 1.54) is 0 Å². The summed E-state index contributed by atoms with van der Waals surface area (Å²) in [4.78, 5) is 20.3. The standard InChI is InChI=1S/C13H23N5O.3ClH/c1-16-8-5-15-12(16)9-17(2)13(19)10-18-6-3-11(14)4-7-18;;;/h5,8,11H,3-4,6-7,9-10,14H2,1-2H3;3*1H. The largest absolute Gasteiger partial charge is 0.337 e. The lowest BCUT2D eigenvalue weighted by Crippen LogP contribution is -2.44. The minimum atomic E-state index is 0. The molecule has 2 rings (SSSR count). The fraction of sp³-hybridized carbons (Fsp3) is 0.692. The van der Waals surface area contributed by atoms with E-state index in [9.17, 15) is 4.79 Å². The van der Waals surface area contributed by atoms with Gasteiger partial charge in [-0.15, -0.1) is 37.2 Å². The highest BCUT2D eigenvalue weighted by Gasteiger charge is 2.20. The number of piperidine rings is 1. The third-order valence-electron chi connectivity index (χ3n) is 3.72. The van der Waals surface area contributed by atoms with Crippen LogP contribution in [0, 0.1) is 0 Å². The van der Waals surface area contributed by atoms with Gasteiger partial charge in [0.25, 0.3) is 0 Å². The molecule has 1 aliphatic heterocycles. The molecule has 22 heavy (non-hydrogen) atoms. The number of rotatable bonds is 4. The summed E-state index contributed by atoms with van der Waals surface area (Å²) in [5, 5.41) is 0. The van der Waals surface area contributed by atoms with Crippen LogP contribution in [0.3, 0.4) is 0 Å². The van der Waals surface area contributed by atoms with Crippen LogP contribution in [-0.2, 0) is 18.4 Å². The van der Waals surface area contributed by atoms with Crippen molar-refractivity contribution in [1.82, 2.24) is 19.4 Å². The van der Waals surface area contributed by atoms with E-state index in [0.29, 0.717) is 19.1 Å². The Bertz CT molecular complexity index is 435. The van der Waals surface area contributed by atoms with Gasteiger partial charge in [0, 0.05) is 45.6 Å². The predicted molar refractivity (Wildman–Crippen MR) is 95.1 cm³/mol. The van der Waals surface area contributed by atoms with Crippen molar-refractivity contribution in [3.8, 4) is 0 Å². The molecule has 0 saturated carbocycles. The van der Waals surface area contributed by atoms with Gasteiger partial charge in [0.1, 0.15) is 5.82 Å². The minimum absolute atomic E-state index is 0. The Hall–Kier alpha value is -0.530. The van der Waals surface area contributed by atoms with Gasteiger partial charge in [-0.25, -0.2) is 4.98 Å². The molecule has 0 aliphatic carbocycles. The average Bonchev–Trinajstić information content (AvgIpc) is 2.78. The van der Waals surface area contributed by atoms with Crippen molar-refractivity contribution in [2.75, 3.05) is 26.7 Å². The number of carbonyl (C=O) groups excluding carboxylic acids is 1. The molecule has 1 aromatic heterocycles. The fourth-order valence-corrected chi connectivity index (χ4v) is 2.27. The number of halogens is 3. The second-order valence-electron chi connectivity index (χ2n) is 5.32. The maximum atomic E-state index is 12.1. The molecular weight excluding hydrogens is 349 g/mol. The molecule has 1 saturated heterocycles. The molecule has 1 aliphatic rings. The van der Waals surface area contributed by atoms with Crippen molar-refractivity contribution in [2.45, 2.75) is 25.4 Å². The number of aromatic nitrogens is 2. The van der Waals surface area contributed by atoms with E-state index in [0.717, 1.165) is 31.8 Å². The summed E-state index contributed by atoms with van der Waals surface area (Å²) in [6.45, 7) is 2.87. The molecule has 0 spiro atoms. The van der Waals surface area contributed by atoms with Crippen molar-refractivity contribution in [2.24, 2.45) is 12.8 Å². The quantitative estimate of drug-likeness (QED) is 0.856. The van der Waals surface area contributed by atoms with Gasteiger partial charge in [-0.3, -0.25) is 9.69 Å². The summed E-state index contributed by atoms with van der Waals surface area (Å²) in [6, 6.07) is 0.302. The molecule has 0 atom stereocenters. The van der Waals surface area contributed by atoms with Gasteiger partial charge in [-0.1, -0.05) is 0 Å². The Labute approximate surface area is 150 Å². The van der Waals surface area contributed by atoms with E-state index in [1.54, 1.807) is 11.1 Å². The molecule has 130 valence electrons. The molecule has 0 radical (unpaired) electrons. The Morgan fingerprint density at radius 3 is 2.45 bits per heavy atom. The Morgan fingerprint density at radius 1 is 1.36 bits per heavy atom. The molecule has 0 unspecified atom stereocenters. The zero-order chi connectivity index (χ0) is 13.8. The molecule has 1 amide bonds. The lowest BCUT2D eigenvalue weighted by atomic mass is 10.1. The van der Waals surface area contributed by atoms with Gasteiger partial charge in [0.05, 0.1) is 13.1 Å². The van der Waals surface area contributed by atoms with Gasteiger partial charge in [-0.2, -0.15) is 0 Å². The van der Waals surface area contributed by atoms with E-state index in [1.807, 2.05) is 24.9 Å². The highest BCUT2D eigenvalue weighted by atomic mass is 35.5. The third-order valence-corrected chi connectivity index (χ3v) is 3.72. The summed E-state index contributed by atoms with van der Waals surface area (Å²) < 4.78 is 1.93. The Kier molecular flexibility index (Phi) is 11.9. The van der Waals surface area contributed by atoms with Gasteiger partial charge in [0.2, 0.25) is 5.91 Å². The number of carbonyl (C=O) groups is 1. The van der Waals surface area contributed by atoms with Gasteiger partial charge in [0.15, 0.2) is 0 Å². The van der Waals surface area contributed by atoms with E-state index in [-0.39, 0.29) is 43.1 Å². The molecule has 1 aromatic rings. The van der Waals surface area contributed by atoms with E-state index in [4.69, 9.17) is 5.73 Å². The van der Waals surface area contributed by atoms with Crippen LogP contribution in [-0.4, -0.2) is 58.0 Å². The number of aryl methyl sites for hydroxylation is 1. The first-order chi connectivity index (χ1) is 9.06. The summed E-state index contributed by atoms with van der Waals surface area (Å²) in [5.74, 6) is 1.04. The summed E-state index contributed by atoms with van der Waals surface area (Å²) >= 11 is 0. The molecule has 1 fully saturated rings. The summed E-state index contributed by atoms with van der Waals surface area (Å²) in [5.41, 5.74) is 5.86. The third kappa shape index (κ3) is 6.71. The second-order valence-corrected chi connectivity index (χ2v) is 5.32. The number of amides is 1. The predicted octanol–water partition coefficient (Wildman–Crippen LogP) is 1.07. The van der Waals surface area contributed by atoms with Crippen LogP contribution in [0.25, 0.3) is 0 Å². The molecule has 0 aromatic carbocycles. The first-order valence-electron chi connectivity index (χ1n) is 6.74. The summed E-state index contributed by atoms with van der Waals surface area (Å²) in [7, 11) is 3.76. The van der Waals surface area contributed by atoms with Crippen molar-refractivity contribution >= 4 is 43.1 Å².